The minimum Gasteiger partial charge on any atom is -0.380 e. The van der Waals surface area contributed by atoms with Crippen molar-refractivity contribution in [1.29, 1.82) is 0 Å². The molecule has 2 aliphatic heterocycles. The monoisotopic (exact) mass is 779 g/mol. The van der Waals surface area contributed by atoms with E-state index in [2.05, 4.69) is 90.6 Å². The summed E-state index contributed by atoms with van der Waals surface area (Å²) in [6.45, 7) is 32.9. The van der Waals surface area contributed by atoms with Crippen LogP contribution in [0.5, 0.6) is 0 Å². The van der Waals surface area contributed by atoms with Crippen molar-refractivity contribution in [3.05, 3.63) is 96.7 Å². The molecule has 0 radical (unpaired) electrons. The van der Waals surface area contributed by atoms with Crippen LogP contribution in [-0.2, 0) is 17.6 Å². The van der Waals surface area contributed by atoms with E-state index in [1.807, 2.05) is 81.4 Å². The van der Waals surface area contributed by atoms with E-state index in [1.54, 1.807) is 12.5 Å². The molecule has 9 heteroatoms. The Morgan fingerprint density at radius 3 is 1.29 bits per heavy atom. The molecule has 0 atom stereocenters. The molecule has 56 heavy (non-hydrogen) atoms. The fourth-order valence-corrected chi connectivity index (χ4v) is 6.12. The van der Waals surface area contributed by atoms with Crippen LogP contribution in [0.3, 0.4) is 0 Å². The maximum absolute atomic E-state index is 5.73. The fourth-order valence-electron chi connectivity index (χ4n) is 6.12. The second-order valence-electron chi connectivity index (χ2n) is 12.2. The number of benzene rings is 2. The molecule has 0 N–H and O–H groups in total. The fraction of sp³-hybridized carbons (Fsp3) is 0.617. The normalized spacial score (nSPS) is 13.6. The van der Waals surface area contributed by atoms with Crippen molar-refractivity contribution < 1.29 is 13.8 Å². The predicted octanol–water partition coefficient (Wildman–Crippen LogP) is 11.2. The SMILES string of the molecule is CC.CC.CC.CC.CC.c1ccc(N2CCN(CCCCCCc3ccon3)CC2)cc1.c1ccc(N2CCN(CCOCCCc3ccon3)CC2)cc1. The van der Waals surface area contributed by atoms with Gasteiger partial charge in [-0.25, -0.2) is 0 Å². The summed E-state index contributed by atoms with van der Waals surface area (Å²) in [4.78, 5) is 10.0. The number of unbranched alkanes of at least 4 members (excludes halogenated alkanes) is 3. The molecule has 0 saturated carbocycles. The number of ether oxygens (including phenoxy) is 1. The molecule has 6 rings (SSSR count). The lowest BCUT2D eigenvalue weighted by atomic mass is 10.1. The summed E-state index contributed by atoms with van der Waals surface area (Å²) in [6.07, 6.45) is 11.4. The van der Waals surface area contributed by atoms with E-state index in [9.17, 15) is 0 Å². The Kier molecular flexibility index (Phi) is 35.7. The summed E-state index contributed by atoms with van der Waals surface area (Å²) < 4.78 is 15.4. The third kappa shape index (κ3) is 23.4. The average molecular weight is 779 g/mol. The Bertz CT molecular complexity index is 1170. The summed E-state index contributed by atoms with van der Waals surface area (Å²) in [5, 5.41) is 7.85. The first-order valence-corrected chi connectivity index (χ1v) is 22.2. The van der Waals surface area contributed by atoms with Crippen LogP contribution in [0.25, 0.3) is 0 Å². The number of piperazine rings is 2. The van der Waals surface area contributed by atoms with Crippen molar-refractivity contribution in [2.24, 2.45) is 0 Å². The molecule has 9 nitrogen and oxygen atoms in total. The summed E-state index contributed by atoms with van der Waals surface area (Å²) in [7, 11) is 0. The van der Waals surface area contributed by atoms with Crippen LogP contribution < -0.4 is 9.80 Å². The Morgan fingerprint density at radius 1 is 0.446 bits per heavy atom. The van der Waals surface area contributed by atoms with Crippen LogP contribution in [-0.4, -0.2) is 98.8 Å². The molecule has 0 spiro atoms. The van der Waals surface area contributed by atoms with Crippen LogP contribution in [0.15, 0.2) is 94.4 Å². The van der Waals surface area contributed by atoms with E-state index in [4.69, 9.17) is 13.8 Å². The summed E-state index contributed by atoms with van der Waals surface area (Å²) in [5.74, 6) is 0. The van der Waals surface area contributed by atoms with Crippen molar-refractivity contribution in [3.8, 4) is 0 Å². The number of aromatic nitrogens is 2. The van der Waals surface area contributed by atoms with Gasteiger partial charge in [-0.3, -0.25) is 9.80 Å². The second-order valence-corrected chi connectivity index (χ2v) is 12.2. The van der Waals surface area contributed by atoms with Gasteiger partial charge in [0.05, 0.1) is 18.0 Å². The van der Waals surface area contributed by atoms with Crippen LogP contribution in [0.4, 0.5) is 11.4 Å². The molecule has 2 aromatic heterocycles. The number of aryl methyl sites for hydroxylation is 2. The molecule has 2 aliphatic rings. The van der Waals surface area contributed by atoms with Crippen LogP contribution in [0.2, 0.25) is 0 Å². The topological polar surface area (TPSA) is 74.3 Å². The molecular weight excluding hydrogens is 697 g/mol. The molecule has 0 unspecified atom stereocenters. The minimum atomic E-state index is 0.789. The smallest absolute Gasteiger partial charge is 0.124 e. The number of para-hydroxylation sites is 2. The summed E-state index contributed by atoms with van der Waals surface area (Å²) in [6, 6.07) is 25.3. The van der Waals surface area contributed by atoms with Crippen LogP contribution in [0, 0.1) is 0 Å². The van der Waals surface area contributed by atoms with Crippen molar-refractivity contribution in [1.82, 2.24) is 20.1 Å². The third-order valence-corrected chi connectivity index (χ3v) is 8.90. The minimum absolute atomic E-state index is 0.789. The van der Waals surface area contributed by atoms with E-state index in [1.165, 1.54) is 56.7 Å². The lowest BCUT2D eigenvalue weighted by Crippen LogP contribution is -2.47. The first-order valence-electron chi connectivity index (χ1n) is 22.2. The van der Waals surface area contributed by atoms with Gasteiger partial charge >= 0.3 is 0 Å². The van der Waals surface area contributed by atoms with Crippen molar-refractivity contribution in [3.63, 3.8) is 0 Å². The van der Waals surface area contributed by atoms with Gasteiger partial charge < -0.3 is 23.6 Å². The van der Waals surface area contributed by atoms with Gasteiger partial charge in [-0.1, -0.05) is 129 Å². The lowest BCUT2D eigenvalue weighted by Gasteiger charge is -2.36. The zero-order valence-electron chi connectivity index (χ0n) is 37.4. The molecule has 4 aromatic rings. The molecule has 4 heterocycles. The van der Waals surface area contributed by atoms with Gasteiger partial charge in [-0.15, -0.1) is 0 Å². The van der Waals surface area contributed by atoms with Gasteiger partial charge in [0, 0.05) is 89.0 Å². The summed E-state index contributed by atoms with van der Waals surface area (Å²) >= 11 is 0. The molecule has 318 valence electrons. The van der Waals surface area contributed by atoms with Gasteiger partial charge in [-0.2, -0.15) is 0 Å². The Balaban J connectivity index is 0.000000884. The molecule has 2 fully saturated rings. The van der Waals surface area contributed by atoms with Crippen molar-refractivity contribution in [2.45, 2.75) is 114 Å². The zero-order valence-corrected chi connectivity index (χ0v) is 37.4. The number of hydrogen-bond donors (Lipinski definition) is 0. The van der Waals surface area contributed by atoms with Crippen molar-refractivity contribution >= 4 is 11.4 Å². The van der Waals surface area contributed by atoms with Gasteiger partial charge in [0.2, 0.25) is 0 Å². The third-order valence-electron chi connectivity index (χ3n) is 8.90. The molecule has 2 saturated heterocycles. The molecule has 2 aromatic carbocycles. The standard InChI is InChI=1S/C19H27N3O.C18H25N3O2.5C2H6/c1(4-8-18-11-17-23-20-18)2-7-12-21-13-15-22(16-14-21)19-9-5-3-6-10-19;1-2-6-18(7-3-1)21-11-9-20(10-12-21)13-16-22-14-4-5-17-8-15-23-19-17;5*1-2/h3,5-6,9-11,17H,1-2,4,7-8,12-16H2;1-3,6-8,15H,4-5,9-14,16H2;5*1-2H3. The van der Waals surface area contributed by atoms with Gasteiger partial charge in [0.15, 0.2) is 0 Å². The average Bonchev–Trinajstić information content (AvgIpc) is 4.04. The second kappa shape index (κ2) is 38.2. The van der Waals surface area contributed by atoms with Crippen LogP contribution >= 0.6 is 0 Å². The Labute approximate surface area is 343 Å². The number of hydrogen-bond acceptors (Lipinski definition) is 9. The van der Waals surface area contributed by atoms with E-state index in [-0.39, 0.29) is 0 Å². The lowest BCUT2D eigenvalue weighted by molar-refractivity contribution is 0.0997. The summed E-state index contributed by atoms with van der Waals surface area (Å²) in [5.41, 5.74) is 4.78. The number of nitrogens with zero attached hydrogens (tertiary/aromatic N) is 6. The highest BCUT2D eigenvalue weighted by Crippen LogP contribution is 2.17. The van der Waals surface area contributed by atoms with E-state index >= 15 is 0 Å². The predicted molar refractivity (Wildman–Crippen MR) is 241 cm³/mol. The van der Waals surface area contributed by atoms with E-state index in [0.29, 0.717) is 0 Å². The van der Waals surface area contributed by atoms with Crippen LogP contribution in [0.1, 0.15) is 113 Å². The highest BCUT2D eigenvalue weighted by atomic mass is 16.5. The molecular formula is C47H82N6O3. The van der Waals surface area contributed by atoms with Gasteiger partial charge in [0.1, 0.15) is 12.5 Å². The Hall–Kier alpha value is -3.66. The zero-order chi connectivity index (χ0) is 41.5. The molecule has 0 aliphatic carbocycles. The first kappa shape index (κ1) is 52.3. The number of rotatable bonds is 16. The maximum Gasteiger partial charge on any atom is 0.124 e. The highest BCUT2D eigenvalue weighted by molar-refractivity contribution is 5.47. The number of anilines is 2. The van der Waals surface area contributed by atoms with Gasteiger partial charge in [-0.05, 0) is 62.9 Å². The molecule has 0 amide bonds. The van der Waals surface area contributed by atoms with Gasteiger partial charge in [0.25, 0.3) is 0 Å². The largest absolute Gasteiger partial charge is 0.380 e. The first-order chi connectivity index (χ1) is 27.8. The maximum atomic E-state index is 5.73. The Morgan fingerprint density at radius 2 is 0.857 bits per heavy atom. The van der Waals surface area contributed by atoms with E-state index in [0.717, 1.165) is 89.7 Å². The molecule has 0 bridgehead atoms. The quantitative estimate of drug-likeness (QED) is 0.103. The highest BCUT2D eigenvalue weighted by Gasteiger charge is 2.17. The van der Waals surface area contributed by atoms with Crippen molar-refractivity contribution in [2.75, 3.05) is 88.5 Å². The van der Waals surface area contributed by atoms with E-state index < -0.39 is 0 Å².